The van der Waals surface area contributed by atoms with Gasteiger partial charge < -0.3 is 29.1 Å². The molecular formula is C29H37N5O7S. The number of para-hydroxylation sites is 2. The van der Waals surface area contributed by atoms with Crippen molar-refractivity contribution in [3.05, 3.63) is 54.1 Å². The Morgan fingerprint density at radius 2 is 1.62 bits per heavy atom. The van der Waals surface area contributed by atoms with Gasteiger partial charge in [0, 0.05) is 26.2 Å². The topological polar surface area (TPSA) is 143 Å². The Labute approximate surface area is 246 Å². The first-order valence-electron chi connectivity index (χ1n) is 13.5. The molecule has 2 aromatic carbocycles. The van der Waals surface area contributed by atoms with Crippen LogP contribution in [0.5, 0.6) is 23.1 Å². The van der Waals surface area contributed by atoms with Gasteiger partial charge in [-0.05, 0) is 49.2 Å². The second-order valence-electron chi connectivity index (χ2n) is 11.0. The van der Waals surface area contributed by atoms with Crippen LogP contribution in [0.4, 0.5) is 11.8 Å². The predicted molar refractivity (Wildman–Crippen MR) is 158 cm³/mol. The molecule has 0 bridgehead atoms. The average Bonchev–Trinajstić information content (AvgIpc) is 2.94. The summed E-state index contributed by atoms with van der Waals surface area (Å²) in [5.74, 6) is -1.15. The molecule has 2 heterocycles. The van der Waals surface area contributed by atoms with Crippen LogP contribution in [-0.2, 0) is 20.2 Å². The van der Waals surface area contributed by atoms with Crippen LogP contribution in [0.2, 0.25) is 0 Å². The summed E-state index contributed by atoms with van der Waals surface area (Å²) >= 11 is 0. The number of carboxylic acids is 1. The Morgan fingerprint density at radius 3 is 2.19 bits per heavy atom. The highest BCUT2D eigenvalue weighted by Crippen LogP contribution is 2.42. The van der Waals surface area contributed by atoms with E-state index in [1.54, 1.807) is 36.4 Å². The van der Waals surface area contributed by atoms with Gasteiger partial charge in [-0.2, -0.15) is 9.97 Å². The number of hydrogen-bond acceptors (Lipinski definition) is 10. The third-order valence-corrected chi connectivity index (χ3v) is 8.14. The van der Waals surface area contributed by atoms with Crippen LogP contribution in [0.3, 0.4) is 0 Å². The van der Waals surface area contributed by atoms with E-state index in [-0.39, 0.29) is 39.5 Å². The Kier molecular flexibility index (Phi) is 9.12. The SMILES string of the molecule is COc1ccccc1Oc1c(NS(=O)(=O)c2ccc(C(C)(C)C)cc2)nc(N2CCN(C)CC2)nc1OC(C)C(=O)O. The molecule has 1 fully saturated rings. The largest absolute Gasteiger partial charge is 0.493 e. The molecule has 3 aromatic rings. The maximum atomic E-state index is 13.7. The van der Waals surface area contributed by atoms with Gasteiger partial charge in [-0.25, -0.2) is 13.2 Å². The maximum Gasteiger partial charge on any atom is 0.344 e. The van der Waals surface area contributed by atoms with Gasteiger partial charge in [-0.15, -0.1) is 0 Å². The first kappa shape index (κ1) is 30.8. The average molecular weight is 600 g/mol. The summed E-state index contributed by atoms with van der Waals surface area (Å²) in [4.78, 5) is 24.8. The number of ether oxygens (including phenoxy) is 3. The van der Waals surface area contributed by atoms with Crippen LogP contribution in [-0.4, -0.2) is 80.8 Å². The normalized spacial score (nSPS) is 15.1. The number of carbonyl (C=O) groups is 1. The molecule has 13 heteroatoms. The minimum absolute atomic E-state index is 0.0138. The van der Waals surface area contributed by atoms with Crippen LogP contribution >= 0.6 is 0 Å². The van der Waals surface area contributed by atoms with Gasteiger partial charge in [0.2, 0.25) is 11.7 Å². The van der Waals surface area contributed by atoms with E-state index in [9.17, 15) is 18.3 Å². The third-order valence-electron chi connectivity index (χ3n) is 6.79. The molecule has 2 N–H and O–H groups in total. The molecule has 42 heavy (non-hydrogen) atoms. The van der Waals surface area contributed by atoms with Gasteiger partial charge in [0.05, 0.1) is 12.0 Å². The lowest BCUT2D eigenvalue weighted by Crippen LogP contribution is -2.45. The minimum Gasteiger partial charge on any atom is -0.493 e. The lowest BCUT2D eigenvalue weighted by molar-refractivity contribution is -0.144. The highest BCUT2D eigenvalue weighted by molar-refractivity contribution is 7.92. The standard InChI is InChI=1S/C29H37N5O7S/c1-19(27(35)36)40-26-24(41-23-10-8-7-9-22(23)39-6)25(30-28(31-26)34-17-15-33(5)16-18-34)32-42(37,38)21-13-11-20(12-14-21)29(2,3)4/h7-14,19H,15-18H2,1-6H3,(H,35,36)(H,30,31,32). The monoisotopic (exact) mass is 599 g/mol. The van der Waals surface area contributed by atoms with Crippen molar-refractivity contribution >= 4 is 27.8 Å². The van der Waals surface area contributed by atoms with Gasteiger partial charge in [0.25, 0.3) is 15.9 Å². The smallest absolute Gasteiger partial charge is 0.344 e. The molecule has 4 rings (SSSR count). The van der Waals surface area contributed by atoms with Crippen molar-refractivity contribution in [1.29, 1.82) is 0 Å². The Bertz CT molecular complexity index is 1520. The van der Waals surface area contributed by atoms with Gasteiger partial charge in [-0.1, -0.05) is 45.0 Å². The highest BCUT2D eigenvalue weighted by atomic mass is 32.2. The first-order chi connectivity index (χ1) is 19.8. The number of sulfonamides is 1. The molecule has 0 amide bonds. The predicted octanol–water partition coefficient (Wildman–Crippen LogP) is 3.98. The fourth-order valence-corrected chi connectivity index (χ4v) is 5.16. The van der Waals surface area contributed by atoms with E-state index < -0.39 is 22.1 Å². The van der Waals surface area contributed by atoms with Gasteiger partial charge in [0.1, 0.15) is 0 Å². The second kappa shape index (κ2) is 12.4. The summed E-state index contributed by atoms with van der Waals surface area (Å²) in [6.45, 7) is 10.0. The molecular weight excluding hydrogens is 562 g/mol. The Morgan fingerprint density at radius 1 is 1.00 bits per heavy atom. The molecule has 1 aromatic heterocycles. The van der Waals surface area contributed by atoms with E-state index in [1.807, 2.05) is 32.7 Å². The first-order valence-corrected chi connectivity index (χ1v) is 15.0. The van der Waals surface area contributed by atoms with Crippen molar-refractivity contribution in [3.8, 4) is 23.1 Å². The molecule has 226 valence electrons. The number of rotatable bonds is 10. The number of hydrogen-bond donors (Lipinski definition) is 2. The van der Waals surface area contributed by atoms with Gasteiger partial charge >= 0.3 is 5.97 Å². The number of benzene rings is 2. The lowest BCUT2D eigenvalue weighted by Gasteiger charge is -2.33. The molecule has 1 atom stereocenters. The maximum absolute atomic E-state index is 13.7. The highest BCUT2D eigenvalue weighted by Gasteiger charge is 2.29. The number of aromatic nitrogens is 2. The number of piperazine rings is 1. The van der Waals surface area contributed by atoms with Crippen molar-refractivity contribution in [1.82, 2.24) is 14.9 Å². The molecule has 1 aliphatic heterocycles. The number of carboxylic acid groups (broad SMARTS) is 1. The number of nitrogens with zero attached hydrogens (tertiary/aromatic N) is 4. The van der Waals surface area contributed by atoms with Crippen LogP contribution in [0.1, 0.15) is 33.3 Å². The summed E-state index contributed by atoms with van der Waals surface area (Å²) < 4.78 is 47.1. The molecule has 1 aliphatic rings. The Balaban J connectivity index is 1.85. The van der Waals surface area contributed by atoms with Crippen molar-refractivity contribution in [2.24, 2.45) is 0 Å². The Hall–Kier alpha value is -4.10. The van der Waals surface area contributed by atoms with E-state index in [1.165, 1.54) is 26.2 Å². The zero-order chi connectivity index (χ0) is 30.7. The quantitative estimate of drug-likeness (QED) is 0.349. The molecule has 1 unspecified atom stereocenters. The zero-order valence-corrected chi connectivity index (χ0v) is 25.4. The third kappa shape index (κ3) is 7.21. The van der Waals surface area contributed by atoms with E-state index in [4.69, 9.17) is 14.2 Å². The number of aliphatic carboxylic acids is 1. The fraction of sp³-hybridized carbons (Fsp3) is 0.414. The van der Waals surface area contributed by atoms with Crippen LogP contribution in [0.25, 0.3) is 0 Å². The summed E-state index contributed by atoms with van der Waals surface area (Å²) in [6, 6.07) is 13.3. The van der Waals surface area contributed by atoms with E-state index in [2.05, 4.69) is 19.6 Å². The summed E-state index contributed by atoms with van der Waals surface area (Å²) in [5, 5.41) is 9.58. The van der Waals surface area contributed by atoms with Crippen molar-refractivity contribution in [3.63, 3.8) is 0 Å². The van der Waals surface area contributed by atoms with Gasteiger partial charge in [-0.3, -0.25) is 4.72 Å². The number of anilines is 2. The van der Waals surface area contributed by atoms with E-state index in [0.29, 0.717) is 18.8 Å². The van der Waals surface area contributed by atoms with E-state index in [0.717, 1.165) is 18.7 Å². The molecule has 12 nitrogen and oxygen atoms in total. The molecule has 0 saturated carbocycles. The van der Waals surface area contributed by atoms with Crippen LogP contribution < -0.4 is 23.8 Å². The van der Waals surface area contributed by atoms with Crippen molar-refractivity contribution in [2.45, 2.75) is 44.1 Å². The summed E-state index contributed by atoms with van der Waals surface area (Å²) in [7, 11) is -0.716. The number of likely N-dealkylation sites (N-methyl/N-ethyl adjacent to an activating group) is 1. The second-order valence-corrected chi connectivity index (χ2v) is 12.7. The molecule has 1 saturated heterocycles. The minimum atomic E-state index is -4.17. The van der Waals surface area contributed by atoms with Crippen LogP contribution in [0.15, 0.2) is 53.4 Å². The molecule has 0 radical (unpaired) electrons. The zero-order valence-electron chi connectivity index (χ0n) is 24.6. The fourth-order valence-electron chi connectivity index (χ4n) is 4.16. The molecule has 0 spiro atoms. The van der Waals surface area contributed by atoms with E-state index >= 15 is 0 Å². The molecule has 0 aliphatic carbocycles. The van der Waals surface area contributed by atoms with Gasteiger partial charge in [0.15, 0.2) is 23.4 Å². The number of methoxy groups -OCH3 is 1. The number of nitrogens with one attached hydrogen (secondary N) is 1. The van der Waals surface area contributed by atoms with Crippen LogP contribution in [0, 0.1) is 0 Å². The lowest BCUT2D eigenvalue weighted by atomic mass is 9.87. The van der Waals surface area contributed by atoms with Crippen molar-refractivity contribution < 1.29 is 32.5 Å². The summed E-state index contributed by atoms with van der Waals surface area (Å²) in [6.07, 6.45) is -1.32. The summed E-state index contributed by atoms with van der Waals surface area (Å²) in [5.41, 5.74) is 0.808. The van der Waals surface area contributed by atoms with Crippen molar-refractivity contribution in [2.75, 3.05) is 50.0 Å².